The highest BCUT2D eigenvalue weighted by molar-refractivity contribution is 6.70. The van der Waals surface area contributed by atoms with Crippen LogP contribution < -0.4 is 0 Å². The number of hydrogen-bond acceptors (Lipinski definition) is 5. The second kappa shape index (κ2) is 13.3. The molecule has 0 aromatic heterocycles. The molecule has 9 atom stereocenters. The summed E-state index contributed by atoms with van der Waals surface area (Å²) in [5.74, 6) is 3.18. The highest BCUT2D eigenvalue weighted by Gasteiger charge is 2.64. The van der Waals surface area contributed by atoms with E-state index in [2.05, 4.69) is 103 Å². The third-order valence-electron chi connectivity index (χ3n) is 11.9. The number of nitrogens with zero attached hydrogens (tertiary/aromatic N) is 1. The van der Waals surface area contributed by atoms with Crippen LogP contribution in [-0.2, 0) is 24.7 Å². The van der Waals surface area contributed by atoms with E-state index in [1.54, 1.807) is 0 Å². The van der Waals surface area contributed by atoms with Crippen LogP contribution in [0.5, 0.6) is 0 Å². The average Bonchev–Trinajstić information content (AvgIpc) is 3.25. The Bertz CT molecular complexity index is 1170. The number of hydrogen-bond donors (Lipinski definition) is 0. The first-order valence-corrected chi connectivity index (χ1v) is 28.3. The molecule has 0 saturated heterocycles. The minimum absolute atomic E-state index is 0.143. The molecule has 0 bridgehead atoms. The molecule has 0 N–H and O–H groups in total. The zero-order chi connectivity index (χ0) is 32.8. The zero-order valence-electron chi connectivity index (χ0n) is 30.6. The van der Waals surface area contributed by atoms with E-state index in [9.17, 15) is 0 Å². The van der Waals surface area contributed by atoms with Crippen molar-refractivity contribution in [3.8, 4) is 0 Å². The summed E-state index contributed by atoms with van der Waals surface area (Å²) in [6.07, 6.45) is 10.8. The van der Waals surface area contributed by atoms with Gasteiger partial charge in [-0.1, -0.05) is 49.3 Å². The van der Waals surface area contributed by atoms with E-state index >= 15 is 0 Å². The molecule has 5 rings (SSSR count). The molecule has 4 saturated carbocycles. The Hall–Kier alpha value is -0.779. The van der Waals surface area contributed by atoms with Crippen molar-refractivity contribution in [2.45, 2.75) is 143 Å². The van der Waals surface area contributed by atoms with Crippen molar-refractivity contribution in [1.82, 2.24) is 0 Å². The Balaban J connectivity index is 1.43. The summed E-state index contributed by atoms with van der Waals surface area (Å²) in [6, 6.07) is 10.4. The highest BCUT2D eigenvalue weighted by Crippen LogP contribution is 2.68. The van der Waals surface area contributed by atoms with Crippen molar-refractivity contribution in [2.75, 3.05) is 6.61 Å². The van der Waals surface area contributed by atoms with Crippen LogP contribution in [0.4, 0.5) is 0 Å². The van der Waals surface area contributed by atoms with Gasteiger partial charge in [0.2, 0.25) is 0 Å². The molecule has 254 valence electrons. The van der Waals surface area contributed by atoms with E-state index in [0.29, 0.717) is 48.6 Å². The molecule has 4 aliphatic carbocycles. The maximum atomic E-state index is 7.34. The predicted molar refractivity (Wildman–Crippen MR) is 195 cm³/mol. The molecule has 0 radical (unpaired) electrons. The maximum absolute atomic E-state index is 7.34. The monoisotopic (exact) mass is 671 g/mol. The minimum Gasteiger partial charge on any atom is -0.415 e. The fraction of sp³-hybridized carbons (Fsp3) is 0.811. The first-order chi connectivity index (χ1) is 20.9. The van der Waals surface area contributed by atoms with Crippen molar-refractivity contribution >= 4 is 30.7 Å². The van der Waals surface area contributed by atoms with Crippen LogP contribution >= 0.6 is 0 Å². The standard InChI is InChI=1S/C37H65NO4Si3/c1-36-22-21-29(41-44(6,7)8)23-28(36)17-18-30-31-19-20-32(37(31,2)24-34(35(30)36)42-45(9,10)11)33(26-40-43(3,4)5)38-39-25-27-15-13-12-14-16-27/h12-16,28-32,34-35H,17-26H2,1-11H3/b38-33+/t28-,29-,30-,31-,32+,34-,35+,36-,37-/m0/s1. The SMILES string of the molecule is C[C@]12CC[C@H](O[Si](C)(C)C)C[C@@H]1CC[C@@H]1[C@@H]2[C@@H](O[Si](C)(C)C)C[C@]2(C)[C@@H](/C(CO[Si](C)(C)C)=N/OCc3ccccc3)CC[C@@H]12. The van der Waals surface area contributed by atoms with E-state index in [-0.39, 0.29) is 5.41 Å². The van der Waals surface area contributed by atoms with Crippen LogP contribution in [0.1, 0.15) is 70.8 Å². The van der Waals surface area contributed by atoms with E-state index < -0.39 is 25.0 Å². The molecule has 5 nitrogen and oxygen atoms in total. The lowest BCUT2D eigenvalue weighted by molar-refractivity contribution is -0.168. The summed E-state index contributed by atoms with van der Waals surface area (Å²) in [4.78, 5) is 6.12. The molecule has 0 spiro atoms. The van der Waals surface area contributed by atoms with Gasteiger partial charge >= 0.3 is 0 Å². The van der Waals surface area contributed by atoms with Gasteiger partial charge in [-0.05, 0) is 150 Å². The summed E-state index contributed by atoms with van der Waals surface area (Å²) in [6.45, 7) is 27.4. The lowest BCUT2D eigenvalue weighted by Gasteiger charge is -2.64. The second-order valence-electron chi connectivity index (χ2n) is 18.6. The molecule has 45 heavy (non-hydrogen) atoms. The van der Waals surface area contributed by atoms with E-state index in [0.717, 1.165) is 29.5 Å². The van der Waals surface area contributed by atoms with E-state index in [4.69, 9.17) is 23.3 Å². The van der Waals surface area contributed by atoms with Gasteiger partial charge in [-0.25, -0.2) is 0 Å². The summed E-state index contributed by atoms with van der Waals surface area (Å²) in [5.41, 5.74) is 2.77. The van der Waals surface area contributed by atoms with Gasteiger partial charge in [0.1, 0.15) is 6.61 Å². The summed E-state index contributed by atoms with van der Waals surface area (Å²) >= 11 is 0. The Morgan fingerprint density at radius 3 is 2.13 bits per heavy atom. The third kappa shape index (κ3) is 8.27. The van der Waals surface area contributed by atoms with E-state index in [1.807, 2.05) is 0 Å². The predicted octanol–water partition coefficient (Wildman–Crippen LogP) is 10.1. The second-order valence-corrected chi connectivity index (χ2v) is 32.0. The van der Waals surface area contributed by atoms with Crippen LogP contribution in [-0.4, -0.2) is 49.5 Å². The highest BCUT2D eigenvalue weighted by atomic mass is 28.4. The fourth-order valence-electron chi connectivity index (χ4n) is 10.3. The van der Waals surface area contributed by atoms with E-state index in [1.165, 1.54) is 44.9 Å². The number of fused-ring (bicyclic) bond motifs is 5. The Labute approximate surface area is 279 Å². The molecule has 4 aliphatic rings. The quantitative estimate of drug-likeness (QED) is 0.133. The summed E-state index contributed by atoms with van der Waals surface area (Å²) in [5, 5.41) is 4.93. The van der Waals surface area contributed by atoms with Crippen LogP contribution in [0.3, 0.4) is 0 Å². The molecule has 8 heteroatoms. The van der Waals surface area contributed by atoms with Crippen molar-refractivity contribution < 1.29 is 18.1 Å². The summed E-state index contributed by atoms with van der Waals surface area (Å²) < 4.78 is 20.6. The topological polar surface area (TPSA) is 49.3 Å². The van der Waals surface area contributed by atoms with Crippen molar-refractivity contribution in [1.29, 1.82) is 0 Å². The third-order valence-corrected chi connectivity index (χ3v) is 14.9. The largest absolute Gasteiger partial charge is 0.415 e. The van der Waals surface area contributed by atoms with Gasteiger partial charge in [0.05, 0.1) is 12.3 Å². The van der Waals surface area contributed by atoms with Gasteiger partial charge in [0.25, 0.3) is 0 Å². The molecular formula is C37H65NO4Si3. The van der Waals surface area contributed by atoms with Gasteiger partial charge in [0.15, 0.2) is 25.0 Å². The minimum atomic E-state index is -1.77. The first-order valence-electron chi connectivity index (χ1n) is 18.1. The molecule has 0 aliphatic heterocycles. The normalized spacial score (nSPS) is 37.5. The summed E-state index contributed by atoms with van der Waals surface area (Å²) in [7, 11) is -5.05. The molecule has 1 aromatic carbocycles. The van der Waals surface area contributed by atoms with Crippen molar-refractivity contribution in [3.05, 3.63) is 35.9 Å². The number of oxime groups is 1. The van der Waals surface area contributed by atoms with Crippen molar-refractivity contribution in [2.24, 2.45) is 45.6 Å². The van der Waals surface area contributed by atoms with Gasteiger partial charge in [-0.3, -0.25) is 0 Å². The van der Waals surface area contributed by atoms with Gasteiger partial charge in [-0.15, -0.1) is 0 Å². The first kappa shape index (κ1) is 35.5. The molecule has 0 heterocycles. The number of benzene rings is 1. The lowest BCUT2D eigenvalue weighted by atomic mass is 9.44. The lowest BCUT2D eigenvalue weighted by Crippen LogP contribution is -2.61. The molecular weight excluding hydrogens is 607 g/mol. The Morgan fingerprint density at radius 2 is 1.49 bits per heavy atom. The zero-order valence-corrected chi connectivity index (χ0v) is 33.6. The smallest absolute Gasteiger partial charge is 0.184 e. The van der Waals surface area contributed by atoms with Crippen LogP contribution in [0, 0.1) is 40.4 Å². The molecule has 0 amide bonds. The van der Waals surface area contributed by atoms with Crippen molar-refractivity contribution in [3.63, 3.8) is 0 Å². The number of rotatable bonds is 11. The molecule has 0 unspecified atom stereocenters. The van der Waals surface area contributed by atoms with Gasteiger partial charge in [-0.2, -0.15) is 0 Å². The fourth-order valence-corrected chi connectivity index (χ4v) is 13.2. The Kier molecular flexibility index (Phi) is 10.5. The van der Waals surface area contributed by atoms with Crippen LogP contribution in [0.2, 0.25) is 58.9 Å². The van der Waals surface area contributed by atoms with Crippen LogP contribution in [0.15, 0.2) is 35.5 Å². The molecule has 1 aromatic rings. The van der Waals surface area contributed by atoms with Gasteiger partial charge in [0, 0.05) is 18.1 Å². The molecule has 4 fully saturated rings. The van der Waals surface area contributed by atoms with Gasteiger partial charge < -0.3 is 18.1 Å². The Morgan fingerprint density at radius 1 is 0.800 bits per heavy atom. The maximum Gasteiger partial charge on any atom is 0.184 e. The van der Waals surface area contributed by atoms with Crippen LogP contribution in [0.25, 0.3) is 0 Å². The average molecular weight is 672 g/mol.